The van der Waals surface area contributed by atoms with Crippen LogP contribution in [0, 0.1) is 27.9 Å². The molecule has 0 aliphatic carbocycles. The molecule has 10 nitrogen and oxygen atoms in total. The number of hydrogen-bond acceptors (Lipinski definition) is 6. The normalized spacial score (nSPS) is 14.3. The van der Waals surface area contributed by atoms with Crippen LogP contribution < -0.4 is 10.5 Å². The number of aryl methyl sites for hydroxylation is 1. The summed E-state index contributed by atoms with van der Waals surface area (Å²) in [5, 5.41) is 29.9. The number of piperidine rings is 1. The van der Waals surface area contributed by atoms with Crippen molar-refractivity contribution < 1.29 is 9.66 Å². The van der Waals surface area contributed by atoms with Crippen molar-refractivity contribution in [3.05, 3.63) is 75.6 Å². The SMILES string of the molecule is CC(=N)N1CCC(Oc2ccc3nc(C)n(Cc4ccc(C(=N)N)c5ccccc45)c3c2[N+](=O)[O-])CC1. The fraction of sp³-hybridized carbons (Fsp3) is 0.296. The second-order valence-corrected chi connectivity index (χ2v) is 9.40. The number of rotatable bonds is 6. The molecule has 37 heavy (non-hydrogen) atoms. The maximum atomic E-state index is 12.4. The van der Waals surface area contributed by atoms with Gasteiger partial charge >= 0.3 is 5.69 Å². The lowest BCUT2D eigenvalue weighted by Crippen LogP contribution is -2.40. The van der Waals surface area contributed by atoms with E-state index in [0.29, 0.717) is 60.7 Å². The average Bonchev–Trinajstić information content (AvgIpc) is 3.18. The van der Waals surface area contributed by atoms with Gasteiger partial charge in [0.1, 0.15) is 17.8 Å². The van der Waals surface area contributed by atoms with Gasteiger partial charge in [-0.1, -0.05) is 36.4 Å². The standard InChI is InChI=1S/C27H29N7O3/c1-16(28)32-13-11-19(12-14-32)37-24-10-9-23-25(26(24)34(35)36)33(17(2)31-23)15-18-7-8-22(27(29)30)21-6-4-3-5-20(18)21/h3-10,19,28H,11-15H2,1-2H3,(H3,29,30). The first-order valence-electron chi connectivity index (χ1n) is 12.2. The van der Waals surface area contributed by atoms with E-state index in [9.17, 15) is 10.1 Å². The van der Waals surface area contributed by atoms with Gasteiger partial charge in [-0.05, 0) is 42.3 Å². The van der Waals surface area contributed by atoms with Crippen LogP contribution in [0.3, 0.4) is 0 Å². The molecule has 0 radical (unpaired) electrons. The van der Waals surface area contributed by atoms with E-state index in [-0.39, 0.29) is 28.3 Å². The second kappa shape index (κ2) is 9.53. The summed E-state index contributed by atoms with van der Waals surface area (Å²) in [6.07, 6.45) is 1.23. The monoisotopic (exact) mass is 499 g/mol. The van der Waals surface area contributed by atoms with Gasteiger partial charge in [0.05, 0.1) is 22.8 Å². The molecule has 1 aliphatic rings. The van der Waals surface area contributed by atoms with E-state index in [0.717, 1.165) is 16.3 Å². The van der Waals surface area contributed by atoms with Crippen molar-refractivity contribution in [1.29, 1.82) is 10.8 Å². The van der Waals surface area contributed by atoms with Crippen LogP contribution in [0.25, 0.3) is 21.8 Å². The van der Waals surface area contributed by atoms with Crippen LogP contribution in [0.1, 0.15) is 36.7 Å². The number of nitrogen functional groups attached to an aromatic ring is 1. The summed E-state index contributed by atoms with van der Waals surface area (Å²) in [5.41, 5.74) is 8.26. The highest BCUT2D eigenvalue weighted by molar-refractivity contribution is 6.08. The number of ether oxygens (including phenoxy) is 1. The Morgan fingerprint density at radius 2 is 1.84 bits per heavy atom. The predicted molar refractivity (Wildman–Crippen MR) is 144 cm³/mol. The van der Waals surface area contributed by atoms with Crippen molar-refractivity contribution in [2.45, 2.75) is 39.3 Å². The number of likely N-dealkylation sites (tertiary alicyclic amines) is 1. The molecule has 0 bridgehead atoms. The van der Waals surface area contributed by atoms with Crippen LogP contribution in [-0.2, 0) is 6.54 Å². The zero-order valence-electron chi connectivity index (χ0n) is 20.8. The molecular formula is C27H29N7O3. The Morgan fingerprint density at radius 3 is 2.49 bits per heavy atom. The number of nitro groups is 1. The lowest BCUT2D eigenvalue weighted by atomic mass is 9.99. The summed E-state index contributed by atoms with van der Waals surface area (Å²) in [4.78, 5) is 18.6. The number of hydrogen-bond donors (Lipinski definition) is 3. The highest BCUT2D eigenvalue weighted by Gasteiger charge is 2.29. The number of amidine groups is 2. The van der Waals surface area contributed by atoms with Gasteiger partial charge in [0.25, 0.3) is 0 Å². The van der Waals surface area contributed by atoms with Gasteiger partial charge in [-0.15, -0.1) is 0 Å². The summed E-state index contributed by atoms with van der Waals surface area (Å²) >= 11 is 0. The third-order valence-electron chi connectivity index (χ3n) is 7.06. The summed E-state index contributed by atoms with van der Waals surface area (Å²) in [7, 11) is 0. The van der Waals surface area contributed by atoms with Gasteiger partial charge in [0.2, 0.25) is 0 Å². The van der Waals surface area contributed by atoms with Crippen molar-refractivity contribution in [1.82, 2.24) is 14.5 Å². The average molecular weight is 500 g/mol. The third-order valence-corrected chi connectivity index (χ3v) is 7.06. The van der Waals surface area contributed by atoms with Gasteiger partial charge in [0, 0.05) is 31.5 Å². The van der Waals surface area contributed by atoms with Crippen molar-refractivity contribution >= 4 is 39.2 Å². The van der Waals surface area contributed by atoms with E-state index in [1.165, 1.54) is 0 Å². The second-order valence-electron chi connectivity index (χ2n) is 9.40. The first-order valence-corrected chi connectivity index (χ1v) is 12.2. The predicted octanol–water partition coefficient (Wildman–Crippen LogP) is 4.58. The maximum absolute atomic E-state index is 12.4. The highest BCUT2D eigenvalue weighted by atomic mass is 16.6. The Kier molecular flexibility index (Phi) is 6.24. The largest absolute Gasteiger partial charge is 0.483 e. The smallest absolute Gasteiger partial charge is 0.336 e. The molecule has 2 heterocycles. The Hall–Kier alpha value is -4.47. The molecule has 0 saturated carbocycles. The molecule has 0 atom stereocenters. The number of aromatic nitrogens is 2. The van der Waals surface area contributed by atoms with Crippen LogP contribution in [0.2, 0.25) is 0 Å². The molecule has 1 aliphatic heterocycles. The number of nitro benzene ring substituents is 1. The lowest BCUT2D eigenvalue weighted by molar-refractivity contribution is -0.384. The number of nitrogens with zero attached hydrogens (tertiary/aromatic N) is 4. The number of nitrogens with two attached hydrogens (primary N) is 1. The van der Waals surface area contributed by atoms with Crippen LogP contribution in [0.15, 0.2) is 48.5 Å². The van der Waals surface area contributed by atoms with E-state index in [1.54, 1.807) is 19.1 Å². The molecule has 1 saturated heterocycles. The molecular weight excluding hydrogens is 470 g/mol. The Balaban J connectivity index is 1.56. The van der Waals surface area contributed by atoms with Crippen molar-refractivity contribution in [2.75, 3.05) is 13.1 Å². The minimum atomic E-state index is -0.386. The minimum absolute atomic E-state index is 0.00829. The molecule has 1 fully saturated rings. The maximum Gasteiger partial charge on any atom is 0.336 e. The van der Waals surface area contributed by atoms with E-state index in [2.05, 4.69) is 4.98 Å². The third kappa shape index (κ3) is 4.46. The topological polar surface area (TPSA) is 147 Å². The molecule has 3 aromatic carbocycles. The van der Waals surface area contributed by atoms with Crippen molar-refractivity contribution in [3.8, 4) is 5.75 Å². The molecule has 4 aromatic rings. The Bertz CT molecular complexity index is 1550. The van der Waals surface area contributed by atoms with Crippen LogP contribution in [-0.4, -0.2) is 50.2 Å². The number of imidazole rings is 1. The van der Waals surface area contributed by atoms with Crippen LogP contribution >= 0.6 is 0 Å². The van der Waals surface area contributed by atoms with Crippen LogP contribution in [0.5, 0.6) is 5.75 Å². The summed E-state index contributed by atoms with van der Waals surface area (Å²) in [5.74, 6) is 1.41. The molecule has 0 spiro atoms. The molecule has 0 unspecified atom stereocenters. The molecule has 0 amide bonds. The van der Waals surface area contributed by atoms with Crippen LogP contribution in [0.4, 0.5) is 5.69 Å². The van der Waals surface area contributed by atoms with Gasteiger partial charge in [0.15, 0.2) is 11.3 Å². The lowest BCUT2D eigenvalue weighted by Gasteiger charge is -2.32. The minimum Gasteiger partial charge on any atom is -0.483 e. The van der Waals surface area contributed by atoms with Gasteiger partial charge in [-0.3, -0.25) is 20.9 Å². The first kappa shape index (κ1) is 24.2. The van der Waals surface area contributed by atoms with Gasteiger partial charge < -0.3 is 19.9 Å². The molecule has 190 valence electrons. The van der Waals surface area contributed by atoms with E-state index in [4.69, 9.17) is 21.3 Å². The zero-order chi connectivity index (χ0) is 26.3. The number of benzene rings is 3. The molecule has 4 N–H and O–H groups in total. The number of fused-ring (bicyclic) bond motifs is 2. The van der Waals surface area contributed by atoms with Crippen molar-refractivity contribution in [3.63, 3.8) is 0 Å². The van der Waals surface area contributed by atoms with E-state index >= 15 is 0 Å². The summed E-state index contributed by atoms with van der Waals surface area (Å²) in [6, 6.07) is 14.9. The molecule has 10 heteroatoms. The Labute approximate surface area is 213 Å². The fourth-order valence-corrected chi connectivity index (χ4v) is 5.16. The van der Waals surface area contributed by atoms with Gasteiger partial charge in [-0.2, -0.15) is 0 Å². The zero-order valence-corrected chi connectivity index (χ0v) is 20.8. The Morgan fingerprint density at radius 1 is 1.14 bits per heavy atom. The van der Waals surface area contributed by atoms with E-state index < -0.39 is 0 Å². The first-order chi connectivity index (χ1) is 17.7. The highest BCUT2D eigenvalue weighted by Crippen LogP contribution is 2.38. The molecule has 1 aromatic heterocycles. The number of nitrogens with one attached hydrogen (secondary N) is 2. The summed E-state index contributed by atoms with van der Waals surface area (Å²) < 4.78 is 8.05. The van der Waals surface area contributed by atoms with Gasteiger partial charge in [-0.25, -0.2) is 4.98 Å². The fourth-order valence-electron chi connectivity index (χ4n) is 5.16. The van der Waals surface area contributed by atoms with Crippen molar-refractivity contribution in [2.24, 2.45) is 5.73 Å². The summed E-state index contributed by atoms with van der Waals surface area (Å²) in [6.45, 7) is 5.35. The van der Waals surface area contributed by atoms with E-state index in [1.807, 2.05) is 52.8 Å². The quantitative estimate of drug-likeness (QED) is 0.153. The molecule has 5 rings (SSSR count).